The summed E-state index contributed by atoms with van der Waals surface area (Å²) in [6.07, 6.45) is -3.68. The highest BCUT2D eigenvalue weighted by molar-refractivity contribution is 5.70. The van der Waals surface area contributed by atoms with E-state index in [-0.39, 0.29) is 24.2 Å². The lowest BCUT2D eigenvalue weighted by atomic mass is 10.1. The molecular weight excluding hydrogens is 299 g/mol. The topological polar surface area (TPSA) is 47.6 Å². The van der Waals surface area contributed by atoms with E-state index in [0.29, 0.717) is 13.2 Å². The van der Waals surface area contributed by atoms with Gasteiger partial charge in [0.1, 0.15) is 5.75 Å². The number of alkyl halides is 3. The second kappa shape index (κ2) is 8.63. The molecule has 0 saturated heterocycles. The number of benzene rings is 1. The highest BCUT2D eigenvalue weighted by Gasteiger charge is 2.30. The molecule has 1 atom stereocenters. The number of nitrogens with one attached hydrogen (secondary N) is 1. The van der Waals surface area contributed by atoms with Crippen LogP contribution in [0.25, 0.3) is 0 Å². The lowest BCUT2D eigenvalue weighted by molar-refractivity contribution is -0.274. The number of carbonyl (C=O) groups is 1. The molecule has 0 saturated carbocycles. The maximum atomic E-state index is 12.0. The van der Waals surface area contributed by atoms with Crippen molar-refractivity contribution in [3.8, 4) is 5.75 Å². The molecule has 0 heterocycles. The van der Waals surface area contributed by atoms with Gasteiger partial charge in [0.25, 0.3) is 0 Å². The molecule has 0 radical (unpaired) electrons. The van der Waals surface area contributed by atoms with Crippen molar-refractivity contribution in [3.05, 3.63) is 29.8 Å². The van der Waals surface area contributed by atoms with E-state index in [1.165, 1.54) is 12.1 Å². The Balaban J connectivity index is 2.47. The molecule has 0 amide bonds. The highest BCUT2D eigenvalue weighted by atomic mass is 19.4. The fourth-order valence-electron chi connectivity index (χ4n) is 1.85. The molecule has 0 aliphatic heterocycles. The number of carbonyl (C=O) groups excluding carboxylic acids is 1. The van der Waals surface area contributed by atoms with Gasteiger partial charge in [0, 0.05) is 12.6 Å². The van der Waals surface area contributed by atoms with E-state index in [0.717, 1.165) is 12.0 Å². The third-order valence-electron chi connectivity index (χ3n) is 2.96. The van der Waals surface area contributed by atoms with E-state index in [1.807, 2.05) is 6.92 Å². The maximum absolute atomic E-state index is 12.0. The van der Waals surface area contributed by atoms with Crippen LogP contribution in [0.1, 0.15) is 32.3 Å². The maximum Gasteiger partial charge on any atom is 0.573 e. The number of hydrogen-bond donors (Lipinski definition) is 1. The zero-order chi connectivity index (χ0) is 16.6. The molecule has 1 aromatic rings. The molecule has 0 spiro atoms. The third-order valence-corrected chi connectivity index (χ3v) is 2.96. The zero-order valence-corrected chi connectivity index (χ0v) is 12.6. The Morgan fingerprint density at radius 1 is 1.23 bits per heavy atom. The van der Waals surface area contributed by atoms with Gasteiger partial charge in [-0.3, -0.25) is 4.79 Å². The summed E-state index contributed by atoms with van der Waals surface area (Å²) in [7, 11) is 0. The number of ether oxygens (including phenoxy) is 2. The quantitative estimate of drug-likeness (QED) is 0.746. The van der Waals surface area contributed by atoms with Gasteiger partial charge in [-0.05, 0) is 31.0 Å². The molecule has 7 heteroatoms. The molecule has 1 N–H and O–H groups in total. The van der Waals surface area contributed by atoms with Gasteiger partial charge in [0.2, 0.25) is 0 Å². The van der Waals surface area contributed by atoms with Crippen molar-refractivity contribution in [2.45, 2.75) is 45.6 Å². The van der Waals surface area contributed by atoms with Crippen molar-refractivity contribution < 1.29 is 27.4 Å². The van der Waals surface area contributed by atoms with E-state index in [1.54, 1.807) is 19.1 Å². The van der Waals surface area contributed by atoms with Crippen molar-refractivity contribution in [1.82, 2.24) is 5.32 Å². The third kappa shape index (κ3) is 7.31. The first-order valence-corrected chi connectivity index (χ1v) is 7.07. The van der Waals surface area contributed by atoms with Gasteiger partial charge in [-0.25, -0.2) is 0 Å². The molecule has 1 rings (SSSR count). The van der Waals surface area contributed by atoms with Crippen molar-refractivity contribution in [1.29, 1.82) is 0 Å². The predicted octanol–water partition coefficient (Wildman–Crippen LogP) is 3.41. The molecule has 1 aromatic carbocycles. The molecule has 0 aliphatic carbocycles. The van der Waals surface area contributed by atoms with Crippen molar-refractivity contribution >= 4 is 5.97 Å². The zero-order valence-electron chi connectivity index (χ0n) is 12.6. The van der Waals surface area contributed by atoms with Crippen LogP contribution in [-0.4, -0.2) is 25.0 Å². The van der Waals surface area contributed by atoms with Crippen LogP contribution in [0.5, 0.6) is 5.75 Å². The first-order valence-electron chi connectivity index (χ1n) is 7.07. The molecule has 0 fully saturated rings. The van der Waals surface area contributed by atoms with E-state index in [4.69, 9.17) is 4.74 Å². The fourth-order valence-corrected chi connectivity index (χ4v) is 1.85. The van der Waals surface area contributed by atoms with Gasteiger partial charge < -0.3 is 14.8 Å². The average molecular weight is 319 g/mol. The molecule has 1 unspecified atom stereocenters. The lowest BCUT2D eigenvalue weighted by Crippen LogP contribution is -2.31. The Morgan fingerprint density at radius 2 is 1.86 bits per heavy atom. The molecule has 124 valence electrons. The van der Waals surface area contributed by atoms with Crippen LogP contribution >= 0.6 is 0 Å². The lowest BCUT2D eigenvalue weighted by Gasteiger charge is -2.16. The van der Waals surface area contributed by atoms with Gasteiger partial charge >= 0.3 is 12.3 Å². The van der Waals surface area contributed by atoms with Crippen LogP contribution in [0.2, 0.25) is 0 Å². The number of hydrogen-bond acceptors (Lipinski definition) is 4. The normalized spacial score (nSPS) is 12.8. The Labute approximate surface area is 127 Å². The summed E-state index contributed by atoms with van der Waals surface area (Å²) in [6.45, 7) is 4.48. The van der Waals surface area contributed by atoms with Crippen molar-refractivity contribution in [2.24, 2.45) is 0 Å². The average Bonchev–Trinajstić information content (AvgIpc) is 2.43. The summed E-state index contributed by atoms with van der Waals surface area (Å²) in [4.78, 5) is 11.4. The van der Waals surface area contributed by atoms with Crippen LogP contribution < -0.4 is 10.1 Å². The summed E-state index contributed by atoms with van der Waals surface area (Å²) < 4.78 is 44.8. The summed E-state index contributed by atoms with van der Waals surface area (Å²) in [6, 6.07) is 5.58. The summed E-state index contributed by atoms with van der Waals surface area (Å²) >= 11 is 0. The molecule has 0 aliphatic rings. The van der Waals surface area contributed by atoms with Crippen molar-refractivity contribution in [3.63, 3.8) is 0 Å². The summed E-state index contributed by atoms with van der Waals surface area (Å²) in [5, 5.41) is 3.18. The standard InChI is InChI=1S/C15H20F3NO3/c1-3-12(9-14(20)21-4-2)19-10-11-5-7-13(8-6-11)22-15(16,17)18/h5-8,12,19H,3-4,9-10H2,1-2H3. The Morgan fingerprint density at radius 3 is 2.36 bits per heavy atom. The number of halogens is 3. The molecular formula is C15H20F3NO3. The van der Waals surface area contributed by atoms with Crippen LogP contribution in [0.4, 0.5) is 13.2 Å². The predicted molar refractivity (Wildman–Crippen MR) is 75.3 cm³/mol. The van der Waals surface area contributed by atoms with Crippen LogP contribution in [0.3, 0.4) is 0 Å². The van der Waals surface area contributed by atoms with Crippen LogP contribution in [0, 0.1) is 0 Å². The van der Waals surface area contributed by atoms with Crippen molar-refractivity contribution in [2.75, 3.05) is 6.61 Å². The Bertz CT molecular complexity index is 460. The summed E-state index contributed by atoms with van der Waals surface area (Å²) in [5.74, 6) is -0.523. The minimum atomic E-state index is -4.69. The molecule has 22 heavy (non-hydrogen) atoms. The second-order valence-corrected chi connectivity index (χ2v) is 4.69. The van der Waals surface area contributed by atoms with Gasteiger partial charge in [0.15, 0.2) is 0 Å². The molecule has 4 nitrogen and oxygen atoms in total. The smallest absolute Gasteiger partial charge is 0.466 e. The second-order valence-electron chi connectivity index (χ2n) is 4.69. The van der Waals surface area contributed by atoms with E-state index < -0.39 is 6.36 Å². The molecule has 0 bridgehead atoms. The Kier molecular flexibility index (Phi) is 7.17. The van der Waals surface area contributed by atoms with Crippen LogP contribution in [-0.2, 0) is 16.1 Å². The molecule has 0 aromatic heterocycles. The van der Waals surface area contributed by atoms with Gasteiger partial charge in [-0.1, -0.05) is 19.1 Å². The number of esters is 1. The van der Waals surface area contributed by atoms with E-state index in [9.17, 15) is 18.0 Å². The van der Waals surface area contributed by atoms with Gasteiger partial charge in [0.05, 0.1) is 13.0 Å². The fraction of sp³-hybridized carbons (Fsp3) is 0.533. The minimum Gasteiger partial charge on any atom is -0.466 e. The minimum absolute atomic E-state index is 0.0369. The van der Waals surface area contributed by atoms with E-state index >= 15 is 0 Å². The van der Waals surface area contributed by atoms with Gasteiger partial charge in [-0.15, -0.1) is 13.2 Å². The monoisotopic (exact) mass is 319 g/mol. The summed E-state index contributed by atoms with van der Waals surface area (Å²) in [5.41, 5.74) is 0.803. The highest BCUT2D eigenvalue weighted by Crippen LogP contribution is 2.22. The SMILES string of the molecule is CCOC(=O)CC(CC)NCc1ccc(OC(F)(F)F)cc1. The van der Waals surface area contributed by atoms with Gasteiger partial charge in [-0.2, -0.15) is 0 Å². The largest absolute Gasteiger partial charge is 0.573 e. The Hall–Kier alpha value is -1.76. The van der Waals surface area contributed by atoms with Crippen LogP contribution in [0.15, 0.2) is 24.3 Å². The first-order chi connectivity index (χ1) is 10.3. The first kappa shape index (κ1) is 18.3. The number of rotatable bonds is 8. The van der Waals surface area contributed by atoms with E-state index in [2.05, 4.69) is 10.1 Å².